The normalized spacial score (nSPS) is 20.1. The molecular formula is C27H33F2N3O3. The smallest absolute Gasteiger partial charge is 0.394 e. The summed E-state index contributed by atoms with van der Waals surface area (Å²) in [4.78, 5) is 15.9. The van der Waals surface area contributed by atoms with E-state index in [0.717, 1.165) is 29.4 Å². The van der Waals surface area contributed by atoms with E-state index in [0.29, 0.717) is 30.9 Å². The van der Waals surface area contributed by atoms with Gasteiger partial charge in [0.05, 0.1) is 11.0 Å². The monoisotopic (exact) mass is 485 g/mol. The number of aryl methyl sites for hydroxylation is 1. The number of nitrogens with one attached hydrogen (secondary N) is 1. The first-order chi connectivity index (χ1) is 16.4. The summed E-state index contributed by atoms with van der Waals surface area (Å²) in [7, 11) is 0. The minimum Gasteiger partial charge on any atom is -0.481 e. The Hall–Kier alpha value is -3.16. The Bertz CT molecular complexity index is 1200. The van der Waals surface area contributed by atoms with Crippen molar-refractivity contribution in [2.24, 2.45) is 11.3 Å². The van der Waals surface area contributed by atoms with Crippen molar-refractivity contribution in [2.45, 2.75) is 71.9 Å². The Morgan fingerprint density at radius 3 is 2.57 bits per heavy atom. The van der Waals surface area contributed by atoms with Crippen LogP contribution in [0.25, 0.3) is 11.0 Å². The van der Waals surface area contributed by atoms with Gasteiger partial charge in [0.25, 0.3) is 0 Å². The Balaban J connectivity index is 1.70. The molecular weight excluding hydrogens is 452 g/mol. The van der Waals surface area contributed by atoms with Crippen molar-refractivity contribution in [1.29, 1.82) is 0 Å². The highest BCUT2D eigenvalue weighted by atomic mass is 19.3. The highest BCUT2D eigenvalue weighted by Crippen LogP contribution is 2.46. The summed E-state index contributed by atoms with van der Waals surface area (Å²) < 4.78 is 33.2. The first-order valence-corrected chi connectivity index (χ1v) is 12.1. The van der Waals surface area contributed by atoms with Gasteiger partial charge in [-0.3, -0.25) is 4.79 Å². The van der Waals surface area contributed by atoms with Gasteiger partial charge in [0.2, 0.25) is 5.95 Å². The molecule has 1 aliphatic rings. The van der Waals surface area contributed by atoms with Crippen LogP contribution in [0.15, 0.2) is 42.5 Å². The summed E-state index contributed by atoms with van der Waals surface area (Å²) in [5.41, 5.74) is 3.63. The van der Waals surface area contributed by atoms with Crippen molar-refractivity contribution in [2.75, 3.05) is 5.32 Å². The van der Waals surface area contributed by atoms with E-state index in [4.69, 9.17) is 10.1 Å². The summed E-state index contributed by atoms with van der Waals surface area (Å²) in [6.07, 6.45) is 0.474. The van der Waals surface area contributed by atoms with Gasteiger partial charge in [-0.05, 0) is 79.0 Å². The zero-order chi connectivity index (χ0) is 25.4. The molecule has 35 heavy (non-hydrogen) atoms. The number of halogens is 2. The quantitative estimate of drug-likeness (QED) is 0.354. The van der Waals surface area contributed by atoms with E-state index in [2.05, 4.69) is 35.4 Å². The second-order valence-electron chi connectivity index (χ2n) is 10.6. The number of hydrogen-bond donors (Lipinski definition) is 2. The molecule has 0 unspecified atom stereocenters. The number of ether oxygens (including phenoxy) is 1. The largest absolute Gasteiger partial charge is 0.481 e. The standard InChI is InChI=1S/C27H33F2N3O3/c1-17-13-20(16-26(2,3)15-17)32-23-11-5-18(6-12-24(33)34)14-22(23)31-25(32)30-19-7-9-21(10-8-19)35-27(4,28)29/h5,7-11,14,17,20H,6,12-13,15-16H2,1-4H3,(H,30,31)(H,33,34)/t17-,20+/m0/s1. The maximum Gasteiger partial charge on any atom is 0.394 e. The average Bonchev–Trinajstić information content (AvgIpc) is 3.08. The predicted octanol–water partition coefficient (Wildman–Crippen LogP) is 7.18. The van der Waals surface area contributed by atoms with Crippen LogP contribution in [0.5, 0.6) is 5.75 Å². The van der Waals surface area contributed by atoms with Gasteiger partial charge in [0, 0.05) is 25.1 Å². The summed E-state index contributed by atoms with van der Waals surface area (Å²) in [6.45, 7) is 7.59. The van der Waals surface area contributed by atoms with Gasteiger partial charge >= 0.3 is 12.1 Å². The molecule has 0 saturated heterocycles. The molecule has 0 bridgehead atoms. The first-order valence-electron chi connectivity index (χ1n) is 12.1. The molecule has 0 aliphatic heterocycles. The second kappa shape index (κ2) is 9.47. The van der Waals surface area contributed by atoms with E-state index in [1.807, 2.05) is 18.2 Å². The van der Waals surface area contributed by atoms with Crippen LogP contribution in [0.1, 0.15) is 65.0 Å². The van der Waals surface area contributed by atoms with Gasteiger partial charge in [0.1, 0.15) is 5.75 Å². The van der Waals surface area contributed by atoms with Crippen LogP contribution in [0, 0.1) is 11.3 Å². The fraction of sp³-hybridized carbons (Fsp3) is 0.481. The van der Waals surface area contributed by atoms with Crippen molar-refractivity contribution in [3.8, 4) is 5.75 Å². The van der Waals surface area contributed by atoms with Crippen molar-refractivity contribution in [1.82, 2.24) is 9.55 Å². The third kappa shape index (κ3) is 6.29. The van der Waals surface area contributed by atoms with Crippen LogP contribution < -0.4 is 10.1 Å². The van der Waals surface area contributed by atoms with E-state index < -0.39 is 12.1 Å². The molecule has 6 nitrogen and oxygen atoms in total. The number of aliphatic carboxylic acids is 1. The topological polar surface area (TPSA) is 76.4 Å². The maximum absolute atomic E-state index is 13.2. The number of alkyl halides is 2. The Morgan fingerprint density at radius 1 is 1.23 bits per heavy atom. The molecule has 2 N–H and O–H groups in total. The summed E-state index contributed by atoms with van der Waals surface area (Å²) in [5, 5.41) is 12.4. The number of fused-ring (bicyclic) bond motifs is 1. The third-order valence-electron chi connectivity index (χ3n) is 6.52. The molecule has 4 rings (SSSR count). The van der Waals surface area contributed by atoms with E-state index in [9.17, 15) is 13.6 Å². The van der Waals surface area contributed by atoms with Gasteiger partial charge in [0.15, 0.2) is 0 Å². The first kappa shape index (κ1) is 24.9. The number of nitrogens with zero attached hydrogens (tertiary/aromatic N) is 2. The third-order valence-corrected chi connectivity index (χ3v) is 6.52. The zero-order valence-electron chi connectivity index (χ0n) is 20.6. The van der Waals surface area contributed by atoms with E-state index in [-0.39, 0.29) is 23.6 Å². The molecule has 1 saturated carbocycles. The number of imidazole rings is 1. The number of benzene rings is 2. The van der Waals surface area contributed by atoms with E-state index >= 15 is 0 Å². The van der Waals surface area contributed by atoms with Crippen LogP contribution in [0.3, 0.4) is 0 Å². The fourth-order valence-corrected chi connectivity index (χ4v) is 5.44. The number of hydrogen-bond acceptors (Lipinski definition) is 4. The molecule has 1 aromatic heterocycles. The molecule has 1 heterocycles. The Kier molecular flexibility index (Phi) is 6.75. The van der Waals surface area contributed by atoms with Crippen molar-refractivity contribution in [3.63, 3.8) is 0 Å². The summed E-state index contributed by atoms with van der Waals surface area (Å²) in [6, 6.07) is 12.6. The number of carboxylic acids is 1. The molecule has 0 amide bonds. The lowest BCUT2D eigenvalue weighted by Gasteiger charge is -2.40. The van der Waals surface area contributed by atoms with Gasteiger partial charge in [-0.2, -0.15) is 8.78 Å². The minimum absolute atomic E-state index is 0.0663. The van der Waals surface area contributed by atoms with Gasteiger partial charge < -0.3 is 19.7 Å². The van der Waals surface area contributed by atoms with Crippen molar-refractivity contribution in [3.05, 3.63) is 48.0 Å². The second-order valence-corrected chi connectivity index (χ2v) is 10.6. The number of aromatic nitrogens is 2. The molecule has 8 heteroatoms. The maximum atomic E-state index is 13.2. The molecule has 3 aromatic rings. The minimum atomic E-state index is -3.24. The fourth-order valence-electron chi connectivity index (χ4n) is 5.44. The summed E-state index contributed by atoms with van der Waals surface area (Å²) in [5.74, 6) is 0.503. The van der Waals surface area contributed by atoms with Crippen molar-refractivity contribution < 1.29 is 23.4 Å². The van der Waals surface area contributed by atoms with E-state index in [1.165, 1.54) is 18.6 Å². The molecule has 1 aliphatic carbocycles. The lowest BCUT2D eigenvalue weighted by Crippen LogP contribution is -2.29. The van der Waals surface area contributed by atoms with Crippen LogP contribution >= 0.6 is 0 Å². The molecule has 188 valence electrons. The predicted molar refractivity (Wildman–Crippen MR) is 132 cm³/mol. The number of anilines is 2. The highest BCUT2D eigenvalue weighted by molar-refractivity contribution is 5.81. The molecule has 0 radical (unpaired) electrons. The zero-order valence-corrected chi connectivity index (χ0v) is 20.6. The molecule has 0 spiro atoms. The lowest BCUT2D eigenvalue weighted by atomic mass is 9.70. The number of rotatable bonds is 8. The SMILES string of the molecule is C[C@H]1C[C@@H](n2c(Nc3ccc(OC(C)(F)F)cc3)nc3cc(CCC(=O)O)ccc32)CC(C)(C)C1. The molecule has 1 fully saturated rings. The van der Waals surface area contributed by atoms with Gasteiger partial charge in [-0.25, -0.2) is 4.98 Å². The highest BCUT2D eigenvalue weighted by Gasteiger charge is 2.34. The lowest BCUT2D eigenvalue weighted by molar-refractivity contribution is -0.159. The van der Waals surface area contributed by atoms with Gasteiger partial charge in [-0.1, -0.05) is 26.8 Å². The number of carbonyl (C=O) groups is 1. The van der Waals surface area contributed by atoms with Crippen LogP contribution in [0.4, 0.5) is 20.4 Å². The van der Waals surface area contributed by atoms with Crippen LogP contribution in [0.2, 0.25) is 0 Å². The van der Waals surface area contributed by atoms with Crippen molar-refractivity contribution >= 4 is 28.6 Å². The van der Waals surface area contributed by atoms with Crippen LogP contribution in [-0.4, -0.2) is 26.7 Å². The average molecular weight is 486 g/mol. The van der Waals surface area contributed by atoms with Gasteiger partial charge in [-0.15, -0.1) is 0 Å². The van der Waals surface area contributed by atoms with Crippen LogP contribution in [-0.2, 0) is 11.2 Å². The molecule has 2 aromatic carbocycles. The number of carboxylic acid groups (broad SMARTS) is 1. The summed E-state index contributed by atoms with van der Waals surface area (Å²) >= 11 is 0. The Labute approximate surface area is 204 Å². The Morgan fingerprint density at radius 2 is 1.94 bits per heavy atom. The van der Waals surface area contributed by atoms with E-state index in [1.54, 1.807) is 12.1 Å². The molecule has 2 atom stereocenters.